The summed E-state index contributed by atoms with van der Waals surface area (Å²) in [7, 11) is 0. The van der Waals surface area contributed by atoms with Crippen LogP contribution < -0.4 is 20.4 Å². The van der Waals surface area contributed by atoms with Gasteiger partial charge in [0.05, 0.1) is 31.8 Å². The number of anilines is 1. The van der Waals surface area contributed by atoms with Gasteiger partial charge in [-0.15, -0.1) is 0 Å². The van der Waals surface area contributed by atoms with Gasteiger partial charge >= 0.3 is 5.95 Å². The fraction of sp³-hybridized carbons (Fsp3) is 0.500. The molecule has 26 heavy (non-hydrogen) atoms. The van der Waals surface area contributed by atoms with Gasteiger partial charge in [-0.3, -0.25) is 14.9 Å². The smallest absolute Gasteiger partial charge is 0.461 e. The van der Waals surface area contributed by atoms with E-state index in [9.17, 15) is 15.2 Å². The van der Waals surface area contributed by atoms with Gasteiger partial charge in [0.1, 0.15) is 0 Å². The average Bonchev–Trinajstić information content (AvgIpc) is 2.59. The Morgan fingerprint density at radius 1 is 1.19 bits per heavy atom. The largest absolute Gasteiger partial charge is 0.739 e. The van der Waals surface area contributed by atoms with Crippen LogP contribution in [-0.4, -0.2) is 36.4 Å². The Balaban J connectivity index is 1.73. The van der Waals surface area contributed by atoms with E-state index in [0.717, 1.165) is 0 Å². The minimum atomic E-state index is -0.459. The first-order valence-corrected chi connectivity index (χ1v) is 8.18. The second kappa shape index (κ2) is 8.59. The SMILES string of the molecule is CC(C)(C)ONC(=O)CCOCCNc1n[n+]([O-])c2ccccc2[n+]1[O-]. The van der Waals surface area contributed by atoms with Crippen molar-refractivity contribution in [3.63, 3.8) is 0 Å². The number of amides is 1. The molecule has 0 aliphatic rings. The number of hydrogen-bond acceptors (Lipinski definition) is 7. The first-order valence-electron chi connectivity index (χ1n) is 8.18. The molecule has 142 valence electrons. The molecule has 0 saturated carbocycles. The number of hydroxylamine groups is 1. The van der Waals surface area contributed by atoms with Crippen LogP contribution in [0.15, 0.2) is 24.3 Å². The summed E-state index contributed by atoms with van der Waals surface area (Å²) in [5, 5.41) is 30.4. The zero-order chi connectivity index (χ0) is 19.2. The lowest BCUT2D eigenvalue weighted by Crippen LogP contribution is -2.44. The molecule has 1 amide bonds. The van der Waals surface area contributed by atoms with Gasteiger partial charge in [-0.2, -0.15) is 0 Å². The summed E-state index contributed by atoms with van der Waals surface area (Å²) in [5.41, 5.74) is 2.29. The van der Waals surface area contributed by atoms with Gasteiger partial charge in [0.25, 0.3) is 5.52 Å². The van der Waals surface area contributed by atoms with Crippen LogP contribution in [0.5, 0.6) is 0 Å². The Bertz CT molecular complexity index is 763. The zero-order valence-electron chi connectivity index (χ0n) is 15.0. The minimum Gasteiger partial charge on any atom is -0.739 e. The van der Waals surface area contributed by atoms with Crippen molar-refractivity contribution in [2.75, 3.05) is 25.1 Å². The molecule has 2 aromatic rings. The Morgan fingerprint density at radius 2 is 1.88 bits per heavy atom. The molecule has 0 radical (unpaired) electrons. The topological polar surface area (TPSA) is 126 Å². The molecule has 10 heteroatoms. The van der Waals surface area contributed by atoms with Crippen LogP contribution in [0.4, 0.5) is 5.95 Å². The maximum Gasteiger partial charge on any atom is 0.461 e. The van der Waals surface area contributed by atoms with Crippen LogP contribution >= 0.6 is 0 Å². The van der Waals surface area contributed by atoms with Crippen LogP contribution in [0.1, 0.15) is 27.2 Å². The van der Waals surface area contributed by atoms with Crippen molar-refractivity contribution in [2.24, 2.45) is 0 Å². The fourth-order valence-corrected chi connectivity index (χ4v) is 1.96. The summed E-state index contributed by atoms with van der Waals surface area (Å²) >= 11 is 0. The first kappa shape index (κ1) is 19.6. The summed E-state index contributed by atoms with van der Waals surface area (Å²) in [6.07, 6.45) is 0.145. The predicted octanol–water partition coefficient (Wildman–Crippen LogP) is 0.167. The molecule has 0 saturated heterocycles. The van der Waals surface area contributed by atoms with Gasteiger partial charge in [-0.1, -0.05) is 12.1 Å². The third-order valence-corrected chi connectivity index (χ3v) is 3.16. The molecule has 0 unspecified atom stereocenters. The lowest BCUT2D eigenvalue weighted by atomic mass is 10.2. The van der Waals surface area contributed by atoms with Crippen LogP contribution in [0.3, 0.4) is 0 Å². The molecule has 10 nitrogen and oxygen atoms in total. The first-order chi connectivity index (χ1) is 12.3. The standard InChI is InChI=1S/C16H23N5O5/c1-16(2,3)26-19-14(22)8-10-25-11-9-17-15-18-21(24)13-7-5-4-6-12(13)20(15)23/h4-7H,8-11H2,1-3H3,(H,17,18)(H,19,22). The van der Waals surface area contributed by atoms with Crippen molar-refractivity contribution in [3.8, 4) is 0 Å². The van der Waals surface area contributed by atoms with Crippen molar-refractivity contribution in [1.82, 2.24) is 10.6 Å². The summed E-state index contributed by atoms with van der Waals surface area (Å²) in [4.78, 5) is 17.1. The van der Waals surface area contributed by atoms with E-state index in [0.29, 0.717) is 9.58 Å². The molecular formula is C16H23N5O5. The number of carbonyl (C=O) groups is 1. The number of benzene rings is 1. The molecule has 1 heterocycles. The van der Waals surface area contributed by atoms with Crippen LogP contribution in [0.2, 0.25) is 0 Å². The molecule has 0 bridgehead atoms. The summed E-state index contributed by atoms with van der Waals surface area (Å²) < 4.78 is 5.87. The second-order valence-corrected chi connectivity index (χ2v) is 6.51. The Labute approximate surface area is 150 Å². The lowest BCUT2D eigenvalue weighted by Gasteiger charge is -2.18. The van der Waals surface area contributed by atoms with E-state index in [-0.39, 0.29) is 49.1 Å². The summed E-state index contributed by atoms with van der Waals surface area (Å²) in [6.45, 7) is 6.16. The monoisotopic (exact) mass is 365 g/mol. The molecule has 0 atom stereocenters. The lowest BCUT2D eigenvalue weighted by molar-refractivity contribution is -0.672. The highest BCUT2D eigenvalue weighted by atomic mass is 16.7. The predicted molar refractivity (Wildman–Crippen MR) is 92.6 cm³/mol. The Kier molecular flexibility index (Phi) is 6.47. The van der Waals surface area contributed by atoms with Crippen molar-refractivity contribution >= 4 is 22.9 Å². The van der Waals surface area contributed by atoms with E-state index in [4.69, 9.17) is 9.57 Å². The van der Waals surface area contributed by atoms with Gasteiger partial charge in [-0.05, 0) is 26.8 Å². The number of hydrogen-bond donors (Lipinski definition) is 2. The molecule has 2 rings (SSSR count). The van der Waals surface area contributed by atoms with Crippen LogP contribution in [-0.2, 0) is 14.4 Å². The van der Waals surface area contributed by atoms with Crippen molar-refractivity contribution in [2.45, 2.75) is 32.8 Å². The Hall–Kier alpha value is -2.72. The van der Waals surface area contributed by atoms with Gasteiger partial charge in [0.15, 0.2) is 5.52 Å². The number of nitrogens with zero attached hydrogens (tertiary/aromatic N) is 3. The second-order valence-electron chi connectivity index (χ2n) is 6.51. The van der Waals surface area contributed by atoms with Crippen LogP contribution in [0, 0.1) is 10.4 Å². The highest BCUT2D eigenvalue weighted by molar-refractivity contribution is 5.74. The van der Waals surface area contributed by atoms with Gasteiger partial charge in [0.2, 0.25) is 11.0 Å². The number of para-hydroxylation sites is 2. The minimum absolute atomic E-state index is 0.112. The highest BCUT2D eigenvalue weighted by Gasteiger charge is 2.19. The van der Waals surface area contributed by atoms with Crippen molar-refractivity contribution in [3.05, 3.63) is 34.7 Å². The van der Waals surface area contributed by atoms with E-state index in [1.165, 1.54) is 6.07 Å². The van der Waals surface area contributed by atoms with Crippen molar-refractivity contribution < 1.29 is 23.9 Å². The number of carbonyl (C=O) groups excluding carboxylic acids is 1. The van der Waals surface area contributed by atoms with E-state index in [1.807, 2.05) is 20.8 Å². The van der Waals surface area contributed by atoms with Gasteiger partial charge < -0.3 is 15.2 Å². The molecule has 2 N–H and O–H groups in total. The Morgan fingerprint density at radius 3 is 2.58 bits per heavy atom. The number of fused-ring (bicyclic) bond motifs is 1. The van der Waals surface area contributed by atoms with E-state index in [2.05, 4.69) is 15.9 Å². The van der Waals surface area contributed by atoms with Crippen molar-refractivity contribution in [1.29, 1.82) is 0 Å². The maximum atomic E-state index is 12.2. The normalized spacial score (nSPS) is 11.5. The van der Waals surface area contributed by atoms with E-state index >= 15 is 0 Å². The molecule has 1 aromatic carbocycles. The molecule has 1 aromatic heterocycles. The molecular weight excluding hydrogens is 342 g/mol. The zero-order valence-corrected chi connectivity index (χ0v) is 15.0. The average molecular weight is 365 g/mol. The molecule has 0 spiro atoms. The number of aromatic nitrogens is 3. The number of rotatable bonds is 8. The summed E-state index contributed by atoms with van der Waals surface area (Å²) in [6, 6.07) is 6.38. The van der Waals surface area contributed by atoms with E-state index in [1.54, 1.807) is 18.2 Å². The van der Waals surface area contributed by atoms with Gasteiger partial charge in [0, 0.05) is 10.9 Å². The molecule has 0 aliphatic heterocycles. The number of ether oxygens (including phenoxy) is 1. The third-order valence-electron chi connectivity index (χ3n) is 3.16. The highest BCUT2D eigenvalue weighted by Crippen LogP contribution is 2.05. The summed E-state index contributed by atoms with van der Waals surface area (Å²) in [5.74, 6) is -0.396. The third kappa shape index (κ3) is 5.67. The number of nitrogens with one attached hydrogen (secondary N) is 2. The maximum absolute atomic E-state index is 12.2. The molecule has 0 fully saturated rings. The fourth-order valence-electron chi connectivity index (χ4n) is 1.96. The van der Waals surface area contributed by atoms with Gasteiger partial charge in [-0.25, -0.2) is 10.2 Å². The molecule has 0 aliphatic carbocycles. The van der Waals surface area contributed by atoms with E-state index < -0.39 is 5.60 Å². The van der Waals surface area contributed by atoms with Crippen LogP contribution in [0.25, 0.3) is 11.0 Å². The quantitative estimate of drug-likeness (QED) is 0.295.